The van der Waals surface area contributed by atoms with Gasteiger partial charge in [0.05, 0.1) is 23.3 Å². The molecule has 174 valence electrons. The van der Waals surface area contributed by atoms with Crippen LogP contribution in [0.25, 0.3) is 5.69 Å². The van der Waals surface area contributed by atoms with Crippen molar-refractivity contribution in [3.8, 4) is 11.8 Å². The van der Waals surface area contributed by atoms with E-state index in [1.165, 1.54) is 11.2 Å². The van der Waals surface area contributed by atoms with Crippen LogP contribution >= 0.6 is 0 Å². The maximum Gasteiger partial charge on any atom is 0.329 e. The maximum absolute atomic E-state index is 13.4. The van der Waals surface area contributed by atoms with Gasteiger partial charge in [-0.1, -0.05) is 42.5 Å². The molecule has 0 fully saturated rings. The molecule has 3 heterocycles. The molecule has 5 rings (SSSR count). The Hall–Kier alpha value is -4.64. The number of aryl methyl sites for hydroxylation is 1. The van der Waals surface area contributed by atoms with Crippen LogP contribution in [0.3, 0.4) is 0 Å². The summed E-state index contributed by atoms with van der Waals surface area (Å²) in [5.41, 5.74) is 4.10. The van der Waals surface area contributed by atoms with E-state index in [2.05, 4.69) is 11.2 Å². The number of furan rings is 1. The summed E-state index contributed by atoms with van der Waals surface area (Å²) in [6.07, 6.45) is 1.75. The normalized spacial score (nSPS) is 14.7. The number of benzene rings is 2. The second-order valence-corrected chi connectivity index (χ2v) is 8.27. The van der Waals surface area contributed by atoms with Gasteiger partial charge in [-0.3, -0.25) is 4.79 Å². The fraction of sp³-hybridized carbons (Fsp3) is 0.185. The third-order valence-electron chi connectivity index (χ3n) is 6.13. The van der Waals surface area contributed by atoms with Gasteiger partial charge in [0, 0.05) is 13.0 Å². The van der Waals surface area contributed by atoms with E-state index in [0.717, 1.165) is 16.8 Å². The van der Waals surface area contributed by atoms with Gasteiger partial charge in [-0.2, -0.15) is 10.4 Å². The average Bonchev–Trinajstić information content (AvgIpc) is 3.54. The van der Waals surface area contributed by atoms with Gasteiger partial charge in [-0.15, -0.1) is 0 Å². The Labute approximate surface area is 202 Å². The molecule has 0 saturated carbocycles. The molecule has 1 aliphatic heterocycles. The van der Waals surface area contributed by atoms with Crippen LogP contribution in [-0.2, 0) is 29.1 Å². The molecule has 1 atom stereocenters. The fourth-order valence-electron chi connectivity index (χ4n) is 4.36. The topological polar surface area (TPSA) is 101 Å². The smallest absolute Gasteiger partial charge is 0.329 e. The highest BCUT2D eigenvalue weighted by atomic mass is 16.5. The van der Waals surface area contributed by atoms with Crippen molar-refractivity contribution in [2.45, 2.75) is 32.5 Å². The van der Waals surface area contributed by atoms with E-state index < -0.39 is 12.0 Å². The molecule has 0 spiro atoms. The van der Waals surface area contributed by atoms with Crippen molar-refractivity contribution in [1.82, 2.24) is 14.7 Å². The van der Waals surface area contributed by atoms with Crippen molar-refractivity contribution in [3.05, 3.63) is 107 Å². The van der Waals surface area contributed by atoms with Gasteiger partial charge < -0.3 is 14.1 Å². The van der Waals surface area contributed by atoms with E-state index >= 15 is 0 Å². The first-order chi connectivity index (χ1) is 17.1. The number of esters is 1. The summed E-state index contributed by atoms with van der Waals surface area (Å²) in [5.74, 6) is -0.775. The summed E-state index contributed by atoms with van der Waals surface area (Å²) in [6, 6.07) is 21.6. The minimum atomic E-state index is -0.831. The highest BCUT2D eigenvalue weighted by Crippen LogP contribution is 2.27. The maximum atomic E-state index is 13.4. The molecule has 0 radical (unpaired) electrons. The quantitative estimate of drug-likeness (QED) is 0.413. The lowest BCUT2D eigenvalue weighted by molar-refractivity contribution is -0.151. The van der Waals surface area contributed by atoms with Crippen molar-refractivity contribution in [2.24, 2.45) is 0 Å². The Kier molecular flexibility index (Phi) is 5.90. The van der Waals surface area contributed by atoms with Gasteiger partial charge in [0.2, 0.25) is 0 Å². The first-order valence-corrected chi connectivity index (χ1v) is 11.2. The molecule has 8 heteroatoms. The number of amides is 1. The third kappa shape index (κ3) is 4.20. The van der Waals surface area contributed by atoms with E-state index in [1.54, 1.807) is 23.7 Å². The molecule has 2 aromatic heterocycles. The van der Waals surface area contributed by atoms with Crippen molar-refractivity contribution in [1.29, 1.82) is 5.26 Å². The monoisotopic (exact) mass is 466 g/mol. The van der Waals surface area contributed by atoms with Crippen LogP contribution in [0.5, 0.6) is 0 Å². The number of para-hydroxylation sites is 1. The van der Waals surface area contributed by atoms with Gasteiger partial charge >= 0.3 is 5.97 Å². The molecule has 0 saturated heterocycles. The minimum Gasteiger partial charge on any atom is -0.459 e. The molecule has 0 bridgehead atoms. The molecule has 8 nitrogen and oxygen atoms in total. The molecule has 1 unspecified atom stereocenters. The van der Waals surface area contributed by atoms with Gasteiger partial charge in [-0.25, -0.2) is 9.48 Å². The van der Waals surface area contributed by atoms with E-state index in [-0.39, 0.29) is 24.8 Å². The van der Waals surface area contributed by atoms with E-state index in [1.807, 2.05) is 54.6 Å². The summed E-state index contributed by atoms with van der Waals surface area (Å²) < 4.78 is 12.6. The summed E-state index contributed by atoms with van der Waals surface area (Å²) >= 11 is 0. The summed E-state index contributed by atoms with van der Waals surface area (Å²) in [4.78, 5) is 28.0. The molecule has 4 aromatic rings. The first-order valence-electron chi connectivity index (χ1n) is 11.2. The zero-order valence-electron chi connectivity index (χ0n) is 19.0. The number of carbonyl (C=O) groups is 2. The number of rotatable bonds is 5. The van der Waals surface area contributed by atoms with Crippen LogP contribution in [0.1, 0.15) is 38.6 Å². The number of fused-ring (bicyclic) bond motifs is 1. The van der Waals surface area contributed by atoms with Crippen LogP contribution in [-0.4, -0.2) is 32.6 Å². The molecule has 1 aliphatic rings. The van der Waals surface area contributed by atoms with Crippen molar-refractivity contribution in [3.63, 3.8) is 0 Å². The minimum absolute atomic E-state index is 0.154. The first kappa shape index (κ1) is 22.2. The SMILES string of the molecule is Cc1nn(-c2ccccc2)c(COC(=O)C2Cc3ccccc3CN2C(=O)c2ccco2)c1C#N. The standard InChI is InChI=1S/C27H22N4O4/c1-18-22(15-28)24(31(29-18)21-10-3-2-4-11-21)17-35-27(33)23-14-19-8-5-6-9-20(19)16-30(23)26(32)25-12-7-13-34-25/h2-13,23H,14,16-17H2,1H3. The zero-order chi connectivity index (χ0) is 24.4. The Morgan fingerprint density at radius 3 is 2.54 bits per heavy atom. The number of ether oxygens (including phenoxy) is 1. The number of carbonyl (C=O) groups excluding carboxylic acids is 2. The molecule has 0 N–H and O–H groups in total. The van der Waals surface area contributed by atoms with Gasteiger partial charge in [-0.05, 0) is 42.3 Å². The van der Waals surface area contributed by atoms with Crippen molar-refractivity contribution >= 4 is 11.9 Å². The average molecular weight is 466 g/mol. The van der Waals surface area contributed by atoms with Crippen LogP contribution < -0.4 is 0 Å². The van der Waals surface area contributed by atoms with Crippen molar-refractivity contribution < 1.29 is 18.7 Å². The summed E-state index contributed by atoms with van der Waals surface area (Å²) in [6.45, 7) is 1.85. The fourth-order valence-corrected chi connectivity index (χ4v) is 4.36. The van der Waals surface area contributed by atoms with E-state index in [0.29, 0.717) is 23.4 Å². The second kappa shape index (κ2) is 9.31. The number of nitriles is 1. The number of hydrogen-bond donors (Lipinski definition) is 0. The summed E-state index contributed by atoms with van der Waals surface area (Å²) in [7, 11) is 0. The third-order valence-corrected chi connectivity index (χ3v) is 6.13. The van der Waals surface area contributed by atoms with Crippen molar-refractivity contribution in [2.75, 3.05) is 0 Å². The van der Waals surface area contributed by atoms with Crippen LogP contribution in [0.4, 0.5) is 0 Å². The van der Waals surface area contributed by atoms with E-state index in [9.17, 15) is 14.9 Å². The molecule has 1 amide bonds. The molecule has 35 heavy (non-hydrogen) atoms. The highest BCUT2D eigenvalue weighted by molar-refractivity contribution is 5.95. The zero-order valence-corrected chi connectivity index (χ0v) is 19.0. The predicted octanol–water partition coefficient (Wildman–Crippen LogP) is 3.96. The van der Waals surface area contributed by atoms with Gasteiger partial charge in [0.25, 0.3) is 5.91 Å². The van der Waals surface area contributed by atoms with Crippen LogP contribution in [0.15, 0.2) is 77.4 Å². The van der Waals surface area contributed by atoms with Crippen LogP contribution in [0, 0.1) is 18.3 Å². The Balaban J connectivity index is 1.43. The molecule has 2 aromatic carbocycles. The lowest BCUT2D eigenvalue weighted by atomic mass is 9.93. The number of hydrogen-bond acceptors (Lipinski definition) is 6. The molecular formula is C27H22N4O4. The lowest BCUT2D eigenvalue weighted by Gasteiger charge is -2.34. The molecular weight excluding hydrogens is 444 g/mol. The Bertz CT molecular complexity index is 1420. The summed E-state index contributed by atoms with van der Waals surface area (Å²) in [5, 5.41) is 14.2. The van der Waals surface area contributed by atoms with Gasteiger partial charge in [0.1, 0.15) is 24.3 Å². The lowest BCUT2D eigenvalue weighted by Crippen LogP contribution is -2.49. The Morgan fingerprint density at radius 1 is 1.09 bits per heavy atom. The predicted molar refractivity (Wildman–Crippen MR) is 125 cm³/mol. The second-order valence-electron chi connectivity index (χ2n) is 8.27. The number of nitrogens with zero attached hydrogens (tertiary/aromatic N) is 4. The van der Waals surface area contributed by atoms with Crippen LogP contribution in [0.2, 0.25) is 0 Å². The van der Waals surface area contributed by atoms with Gasteiger partial charge in [0.15, 0.2) is 5.76 Å². The highest BCUT2D eigenvalue weighted by Gasteiger charge is 2.37. The Morgan fingerprint density at radius 2 is 1.83 bits per heavy atom. The number of aromatic nitrogens is 2. The van der Waals surface area contributed by atoms with E-state index in [4.69, 9.17) is 9.15 Å². The largest absolute Gasteiger partial charge is 0.459 e. The molecule has 0 aliphatic carbocycles.